The fourth-order valence-electron chi connectivity index (χ4n) is 1.54. The minimum absolute atomic E-state index is 0.0276. The van der Waals surface area contributed by atoms with Gasteiger partial charge in [-0.25, -0.2) is 0 Å². The Hall–Kier alpha value is -0.670. The molecule has 0 aliphatic carbocycles. The van der Waals surface area contributed by atoms with Crippen LogP contribution in [0.25, 0.3) is 0 Å². The number of rotatable bonds is 3. The number of thiophene rings is 1. The molecular formula is C12H19NOS. The van der Waals surface area contributed by atoms with Crippen LogP contribution in [0.15, 0.2) is 11.4 Å². The van der Waals surface area contributed by atoms with Crippen LogP contribution in [0, 0.1) is 6.92 Å². The number of ketones is 1. The Morgan fingerprint density at radius 1 is 1.47 bits per heavy atom. The van der Waals surface area contributed by atoms with Gasteiger partial charge in [-0.05, 0) is 40.7 Å². The molecule has 0 fully saturated rings. The second-order valence-electron chi connectivity index (χ2n) is 4.93. The normalized spacial score (nSPS) is 13.9. The third kappa shape index (κ3) is 3.76. The number of hydrogen-bond acceptors (Lipinski definition) is 3. The van der Waals surface area contributed by atoms with E-state index < -0.39 is 0 Å². The number of hydrogen-bond donors (Lipinski definition) is 1. The van der Waals surface area contributed by atoms with E-state index in [1.165, 1.54) is 4.88 Å². The Morgan fingerprint density at radius 2 is 2.07 bits per heavy atom. The molecule has 15 heavy (non-hydrogen) atoms. The Balaban J connectivity index is 2.69. The summed E-state index contributed by atoms with van der Waals surface area (Å²) in [6.07, 6.45) is 0. The average Bonchev–Trinajstić information content (AvgIpc) is 2.47. The molecule has 1 aromatic rings. The lowest BCUT2D eigenvalue weighted by Gasteiger charge is -2.24. The summed E-state index contributed by atoms with van der Waals surface area (Å²) in [5.41, 5.74) is 0.793. The molecule has 1 rings (SSSR count). The molecule has 0 saturated carbocycles. The summed E-state index contributed by atoms with van der Waals surface area (Å²) in [7, 11) is 0. The Bertz CT molecular complexity index is 349. The minimum atomic E-state index is -0.126. The van der Waals surface area contributed by atoms with Crippen molar-refractivity contribution in [3.8, 4) is 0 Å². The summed E-state index contributed by atoms with van der Waals surface area (Å²) >= 11 is 1.62. The molecule has 2 nitrogen and oxygen atoms in total. The molecule has 3 heteroatoms. The lowest BCUT2D eigenvalue weighted by atomic mass is 10.0. The van der Waals surface area contributed by atoms with Gasteiger partial charge in [0, 0.05) is 21.4 Å². The zero-order valence-corrected chi connectivity index (χ0v) is 10.9. The third-order valence-electron chi connectivity index (χ3n) is 2.06. The maximum absolute atomic E-state index is 12.0. The molecule has 0 saturated heterocycles. The van der Waals surface area contributed by atoms with Gasteiger partial charge in [0.05, 0.1) is 6.04 Å². The molecule has 0 aliphatic rings. The Labute approximate surface area is 95.7 Å². The highest BCUT2D eigenvalue weighted by Crippen LogP contribution is 2.15. The largest absolute Gasteiger partial charge is 0.303 e. The van der Waals surface area contributed by atoms with Gasteiger partial charge in [0.2, 0.25) is 0 Å². The van der Waals surface area contributed by atoms with Crippen molar-refractivity contribution >= 4 is 17.1 Å². The van der Waals surface area contributed by atoms with E-state index in [1.807, 2.05) is 25.3 Å². The lowest BCUT2D eigenvalue weighted by molar-refractivity contribution is 0.0936. The Kier molecular flexibility index (Phi) is 3.68. The van der Waals surface area contributed by atoms with Crippen LogP contribution in [0.4, 0.5) is 0 Å². The van der Waals surface area contributed by atoms with Crippen LogP contribution < -0.4 is 5.32 Å². The lowest BCUT2D eigenvalue weighted by Crippen LogP contribution is -2.45. The van der Waals surface area contributed by atoms with E-state index >= 15 is 0 Å². The number of Topliss-reactive ketones (excluding diaryl/α,β-unsaturated/α-hetero) is 1. The van der Waals surface area contributed by atoms with E-state index in [2.05, 4.69) is 26.1 Å². The molecule has 84 valence electrons. The van der Waals surface area contributed by atoms with Crippen molar-refractivity contribution in [3.63, 3.8) is 0 Å². The van der Waals surface area contributed by atoms with Crippen molar-refractivity contribution in [2.45, 2.75) is 46.2 Å². The number of aryl methyl sites for hydroxylation is 1. The standard InChI is InChI=1S/C12H19NOS/c1-8-6-10(7-15-8)11(14)9(2)13-12(3,4)5/h6-7,9,13H,1-5H3. The first kappa shape index (κ1) is 12.4. The van der Waals surface area contributed by atoms with Gasteiger partial charge in [-0.15, -0.1) is 11.3 Å². The zero-order chi connectivity index (χ0) is 11.6. The van der Waals surface area contributed by atoms with Gasteiger partial charge in [0.15, 0.2) is 5.78 Å². The predicted molar refractivity (Wildman–Crippen MR) is 65.7 cm³/mol. The maximum atomic E-state index is 12.0. The molecule has 0 radical (unpaired) electrons. The smallest absolute Gasteiger partial charge is 0.180 e. The molecule has 1 heterocycles. The molecule has 1 atom stereocenters. The van der Waals surface area contributed by atoms with Gasteiger partial charge >= 0.3 is 0 Å². The van der Waals surface area contributed by atoms with E-state index in [-0.39, 0.29) is 17.4 Å². The quantitative estimate of drug-likeness (QED) is 0.801. The summed E-state index contributed by atoms with van der Waals surface area (Å²) in [6, 6.07) is 1.83. The molecule has 0 bridgehead atoms. The first-order valence-electron chi connectivity index (χ1n) is 5.16. The van der Waals surface area contributed by atoms with E-state index in [0.717, 1.165) is 5.56 Å². The third-order valence-corrected chi connectivity index (χ3v) is 2.92. The highest BCUT2D eigenvalue weighted by molar-refractivity contribution is 7.10. The number of carbonyl (C=O) groups is 1. The van der Waals surface area contributed by atoms with E-state index in [9.17, 15) is 4.79 Å². The molecule has 0 spiro atoms. The second-order valence-corrected chi connectivity index (χ2v) is 6.04. The van der Waals surface area contributed by atoms with E-state index in [1.54, 1.807) is 11.3 Å². The first-order valence-corrected chi connectivity index (χ1v) is 6.04. The van der Waals surface area contributed by atoms with Crippen molar-refractivity contribution in [2.24, 2.45) is 0 Å². The van der Waals surface area contributed by atoms with Crippen molar-refractivity contribution in [3.05, 3.63) is 21.9 Å². The van der Waals surface area contributed by atoms with Crippen LogP contribution in [0.1, 0.15) is 42.9 Å². The second kappa shape index (κ2) is 4.45. The fourth-order valence-corrected chi connectivity index (χ4v) is 2.23. The topological polar surface area (TPSA) is 29.1 Å². The SMILES string of the molecule is Cc1cc(C(=O)C(C)NC(C)(C)C)cs1. The highest BCUT2D eigenvalue weighted by atomic mass is 32.1. The summed E-state index contributed by atoms with van der Waals surface area (Å²) in [5.74, 6) is 0.175. The summed E-state index contributed by atoms with van der Waals surface area (Å²) in [5, 5.41) is 5.21. The number of nitrogens with one attached hydrogen (secondary N) is 1. The van der Waals surface area contributed by atoms with Crippen LogP contribution in [-0.4, -0.2) is 17.4 Å². The van der Waals surface area contributed by atoms with E-state index in [4.69, 9.17) is 0 Å². The van der Waals surface area contributed by atoms with Gasteiger partial charge in [-0.2, -0.15) is 0 Å². The monoisotopic (exact) mass is 225 g/mol. The van der Waals surface area contributed by atoms with Crippen molar-refractivity contribution in [1.82, 2.24) is 5.32 Å². The van der Waals surface area contributed by atoms with Crippen LogP contribution in [0.3, 0.4) is 0 Å². The summed E-state index contributed by atoms with van der Waals surface area (Å²) < 4.78 is 0. The van der Waals surface area contributed by atoms with Gasteiger partial charge < -0.3 is 5.32 Å². The van der Waals surface area contributed by atoms with Crippen molar-refractivity contribution in [2.75, 3.05) is 0 Å². The van der Waals surface area contributed by atoms with Crippen LogP contribution in [0.5, 0.6) is 0 Å². The minimum Gasteiger partial charge on any atom is -0.303 e. The van der Waals surface area contributed by atoms with Gasteiger partial charge in [-0.1, -0.05) is 0 Å². The van der Waals surface area contributed by atoms with Crippen LogP contribution in [0.2, 0.25) is 0 Å². The summed E-state index contributed by atoms with van der Waals surface area (Å²) in [4.78, 5) is 13.2. The van der Waals surface area contributed by atoms with Gasteiger partial charge in [-0.3, -0.25) is 4.79 Å². The number of carbonyl (C=O) groups excluding carboxylic acids is 1. The van der Waals surface area contributed by atoms with Gasteiger partial charge in [0.25, 0.3) is 0 Å². The highest BCUT2D eigenvalue weighted by Gasteiger charge is 2.20. The molecule has 0 amide bonds. The zero-order valence-electron chi connectivity index (χ0n) is 10.0. The maximum Gasteiger partial charge on any atom is 0.180 e. The van der Waals surface area contributed by atoms with E-state index in [0.29, 0.717) is 0 Å². The molecule has 1 unspecified atom stereocenters. The molecule has 1 aromatic heterocycles. The van der Waals surface area contributed by atoms with Crippen LogP contribution in [-0.2, 0) is 0 Å². The summed E-state index contributed by atoms with van der Waals surface area (Å²) in [6.45, 7) is 10.1. The fraction of sp³-hybridized carbons (Fsp3) is 0.583. The van der Waals surface area contributed by atoms with Crippen molar-refractivity contribution < 1.29 is 4.79 Å². The Morgan fingerprint density at radius 3 is 2.47 bits per heavy atom. The molecular weight excluding hydrogens is 206 g/mol. The van der Waals surface area contributed by atoms with Crippen LogP contribution >= 0.6 is 11.3 Å². The molecule has 1 N–H and O–H groups in total. The van der Waals surface area contributed by atoms with Gasteiger partial charge in [0.1, 0.15) is 0 Å². The average molecular weight is 225 g/mol. The molecule has 0 aliphatic heterocycles. The molecule has 0 aromatic carbocycles. The van der Waals surface area contributed by atoms with Crippen molar-refractivity contribution in [1.29, 1.82) is 0 Å². The first-order chi connectivity index (χ1) is 6.79. The predicted octanol–water partition coefficient (Wildman–Crippen LogP) is 3.02.